The smallest absolute Gasteiger partial charge is 0.160 e. The van der Waals surface area contributed by atoms with Gasteiger partial charge in [-0.1, -0.05) is 12.5 Å². The SMILES string of the molecule is c1cnc2[nH]c(-c3n[nH]c4ccc(-c5cncc(OC6CCCCC6)c5)cc34)nc2c1. The average Bonchev–Trinajstić information content (AvgIpc) is 3.43. The molecule has 1 aromatic carbocycles. The number of hydrogen-bond donors (Lipinski definition) is 2. The lowest BCUT2D eigenvalue weighted by Crippen LogP contribution is -2.19. The van der Waals surface area contributed by atoms with Crippen molar-refractivity contribution < 1.29 is 4.74 Å². The molecule has 4 heterocycles. The molecule has 0 unspecified atom stereocenters. The van der Waals surface area contributed by atoms with Gasteiger partial charge in [-0.2, -0.15) is 5.10 Å². The third-order valence-corrected chi connectivity index (χ3v) is 5.94. The summed E-state index contributed by atoms with van der Waals surface area (Å²) in [7, 11) is 0. The average molecular weight is 410 g/mol. The summed E-state index contributed by atoms with van der Waals surface area (Å²) in [5, 5.41) is 8.60. The van der Waals surface area contributed by atoms with Crippen LogP contribution in [-0.4, -0.2) is 36.2 Å². The first kappa shape index (κ1) is 18.1. The van der Waals surface area contributed by atoms with E-state index >= 15 is 0 Å². The van der Waals surface area contributed by atoms with E-state index in [4.69, 9.17) is 4.74 Å². The van der Waals surface area contributed by atoms with Crippen LogP contribution in [0.15, 0.2) is 55.0 Å². The quantitative estimate of drug-likeness (QED) is 0.421. The highest BCUT2D eigenvalue weighted by molar-refractivity contribution is 5.95. The first-order chi connectivity index (χ1) is 15.3. The zero-order valence-corrected chi connectivity index (χ0v) is 17.0. The van der Waals surface area contributed by atoms with Crippen LogP contribution in [0.25, 0.3) is 44.7 Å². The van der Waals surface area contributed by atoms with E-state index in [0.717, 1.165) is 57.5 Å². The number of nitrogens with one attached hydrogen (secondary N) is 2. The number of ether oxygens (including phenoxy) is 1. The molecule has 0 bridgehead atoms. The Bertz CT molecular complexity index is 1330. The molecular formula is C24H22N6O. The molecule has 0 spiro atoms. The molecule has 1 saturated carbocycles. The van der Waals surface area contributed by atoms with E-state index in [1.807, 2.05) is 24.4 Å². The van der Waals surface area contributed by atoms with E-state index in [1.54, 1.807) is 12.4 Å². The molecule has 2 N–H and O–H groups in total. The summed E-state index contributed by atoms with van der Waals surface area (Å²) in [5.41, 5.74) is 5.38. The number of nitrogens with zero attached hydrogens (tertiary/aromatic N) is 4. The Hall–Kier alpha value is -3.74. The van der Waals surface area contributed by atoms with Crippen molar-refractivity contribution in [2.24, 2.45) is 0 Å². The molecule has 31 heavy (non-hydrogen) atoms. The van der Waals surface area contributed by atoms with Crippen molar-refractivity contribution in [3.63, 3.8) is 0 Å². The number of hydrogen-bond acceptors (Lipinski definition) is 5. The second-order valence-corrected chi connectivity index (χ2v) is 8.08. The lowest BCUT2D eigenvalue weighted by Gasteiger charge is -2.23. The van der Waals surface area contributed by atoms with Gasteiger partial charge in [-0.05, 0) is 61.6 Å². The van der Waals surface area contributed by atoms with E-state index in [0.29, 0.717) is 11.9 Å². The second kappa shape index (κ2) is 7.50. The lowest BCUT2D eigenvalue weighted by molar-refractivity contribution is 0.154. The van der Waals surface area contributed by atoms with Crippen LogP contribution in [0.4, 0.5) is 0 Å². The van der Waals surface area contributed by atoms with Crippen molar-refractivity contribution in [1.29, 1.82) is 0 Å². The molecule has 6 rings (SSSR count). The van der Waals surface area contributed by atoms with Gasteiger partial charge in [0.1, 0.15) is 17.0 Å². The van der Waals surface area contributed by atoms with Gasteiger partial charge in [0, 0.05) is 23.3 Å². The fraction of sp³-hybridized carbons (Fsp3) is 0.250. The molecular weight excluding hydrogens is 388 g/mol. The molecule has 7 nitrogen and oxygen atoms in total. The van der Waals surface area contributed by atoms with Crippen LogP contribution in [0, 0.1) is 0 Å². The topological polar surface area (TPSA) is 92.4 Å². The van der Waals surface area contributed by atoms with Gasteiger partial charge in [0.05, 0.1) is 17.8 Å². The highest BCUT2D eigenvalue weighted by Crippen LogP contribution is 2.31. The van der Waals surface area contributed by atoms with Crippen LogP contribution in [-0.2, 0) is 0 Å². The number of imidazole rings is 1. The standard InChI is InChI=1S/C24H22N6O/c1-2-5-17(6-3-1)31-18-11-16(13-25-14-18)15-8-9-20-19(12-15)22(30-29-20)24-27-21-7-4-10-26-23(21)28-24/h4,7-14,17H,1-3,5-6H2,(H,29,30)(H,26,27,28). The predicted octanol–water partition coefficient (Wildman–Crippen LogP) is 5.27. The summed E-state index contributed by atoms with van der Waals surface area (Å²) < 4.78 is 6.21. The number of aromatic amines is 2. The van der Waals surface area contributed by atoms with Gasteiger partial charge in [-0.15, -0.1) is 0 Å². The summed E-state index contributed by atoms with van der Waals surface area (Å²) in [4.78, 5) is 16.7. The number of benzene rings is 1. The molecule has 1 fully saturated rings. The molecule has 5 aromatic rings. The molecule has 0 saturated heterocycles. The van der Waals surface area contributed by atoms with Crippen molar-refractivity contribution in [2.75, 3.05) is 0 Å². The first-order valence-corrected chi connectivity index (χ1v) is 10.7. The van der Waals surface area contributed by atoms with E-state index in [1.165, 1.54) is 19.3 Å². The fourth-order valence-electron chi connectivity index (χ4n) is 4.35. The second-order valence-electron chi connectivity index (χ2n) is 8.08. The van der Waals surface area contributed by atoms with Crippen LogP contribution in [0.5, 0.6) is 5.75 Å². The van der Waals surface area contributed by atoms with Crippen LogP contribution in [0.3, 0.4) is 0 Å². The fourth-order valence-corrected chi connectivity index (χ4v) is 4.35. The van der Waals surface area contributed by atoms with Gasteiger partial charge in [-0.25, -0.2) is 9.97 Å². The minimum atomic E-state index is 0.301. The normalized spacial score (nSPS) is 15.0. The van der Waals surface area contributed by atoms with E-state index in [-0.39, 0.29) is 0 Å². The number of pyridine rings is 2. The molecule has 0 aliphatic heterocycles. The lowest BCUT2D eigenvalue weighted by atomic mass is 9.98. The van der Waals surface area contributed by atoms with Crippen LogP contribution >= 0.6 is 0 Å². The Balaban J connectivity index is 1.36. The number of fused-ring (bicyclic) bond motifs is 2. The first-order valence-electron chi connectivity index (χ1n) is 10.7. The Morgan fingerprint density at radius 1 is 0.968 bits per heavy atom. The van der Waals surface area contributed by atoms with Gasteiger partial charge in [0.25, 0.3) is 0 Å². The maximum absolute atomic E-state index is 6.21. The van der Waals surface area contributed by atoms with Gasteiger partial charge in [0.2, 0.25) is 0 Å². The van der Waals surface area contributed by atoms with Crippen molar-refractivity contribution in [3.8, 4) is 28.4 Å². The highest BCUT2D eigenvalue weighted by atomic mass is 16.5. The van der Waals surface area contributed by atoms with Crippen LogP contribution in [0.1, 0.15) is 32.1 Å². The summed E-state index contributed by atoms with van der Waals surface area (Å²) in [5.74, 6) is 1.53. The van der Waals surface area contributed by atoms with Crippen molar-refractivity contribution in [3.05, 3.63) is 55.0 Å². The molecule has 154 valence electrons. The summed E-state index contributed by atoms with van der Waals surface area (Å²) in [6.45, 7) is 0. The largest absolute Gasteiger partial charge is 0.489 e. The minimum Gasteiger partial charge on any atom is -0.489 e. The summed E-state index contributed by atoms with van der Waals surface area (Å²) >= 11 is 0. The molecule has 1 aliphatic carbocycles. The Morgan fingerprint density at radius 2 is 1.90 bits per heavy atom. The third kappa shape index (κ3) is 3.42. The monoisotopic (exact) mass is 410 g/mol. The summed E-state index contributed by atoms with van der Waals surface area (Å²) in [6.07, 6.45) is 11.8. The van der Waals surface area contributed by atoms with Gasteiger partial charge in [0.15, 0.2) is 11.5 Å². The van der Waals surface area contributed by atoms with Gasteiger partial charge in [-0.3, -0.25) is 10.1 Å². The maximum Gasteiger partial charge on any atom is 0.160 e. The third-order valence-electron chi connectivity index (χ3n) is 5.94. The molecule has 0 radical (unpaired) electrons. The van der Waals surface area contributed by atoms with Gasteiger partial charge < -0.3 is 9.72 Å². The Morgan fingerprint density at radius 3 is 2.81 bits per heavy atom. The van der Waals surface area contributed by atoms with Crippen LogP contribution in [0.2, 0.25) is 0 Å². The molecule has 7 heteroatoms. The minimum absolute atomic E-state index is 0.301. The highest BCUT2D eigenvalue weighted by Gasteiger charge is 2.16. The van der Waals surface area contributed by atoms with E-state index in [2.05, 4.69) is 48.3 Å². The Kier molecular flexibility index (Phi) is 4.37. The number of H-pyrrole nitrogens is 2. The molecule has 1 aliphatic rings. The van der Waals surface area contributed by atoms with Crippen LogP contribution < -0.4 is 4.74 Å². The molecule has 4 aromatic heterocycles. The number of aromatic nitrogens is 6. The number of rotatable bonds is 4. The predicted molar refractivity (Wildman–Crippen MR) is 120 cm³/mol. The summed E-state index contributed by atoms with van der Waals surface area (Å²) in [6, 6.07) is 12.1. The zero-order chi connectivity index (χ0) is 20.6. The Labute approximate surface area is 178 Å². The van der Waals surface area contributed by atoms with E-state index in [9.17, 15) is 0 Å². The van der Waals surface area contributed by atoms with Crippen molar-refractivity contribution in [2.45, 2.75) is 38.2 Å². The zero-order valence-electron chi connectivity index (χ0n) is 17.0. The van der Waals surface area contributed by atoms with Crippen molar-refractivity contribution >= 4 is 22.1 Å². The molecule has 0 amide bonds. The van der Waals surface area contributed by atoms with Crippen molar-refractivity contribution in [1.82, 2.24) is 30.1 Å². The van der Waals surface area contributed by atoms with E-state index < -0.39 is 0 Å². The van der Waals surface area contributed by atoms with Gasteiger partial charge >= 0.3 is 0 Å². The molecule has 0 atom stereocenters. The maximum atomic E-state index is 6.21.